The quantitative estimate of drug-likeness (QED) is 0.735. The minimum Gasteiger partial charge on any atom is -0.391 e. The average molecular weight is 313 g/mol. The molecule has 3 N–H and O–H groups in total. The Kier molecular flexibility index (Phi) is 6.56. The van der Waals surface area contributed by atoms with Crippen LogP contribution in [0.5, 0.6) is 0 Å². The predicted molar refractivity (Wildman–Crippen MR) is 90.0 cm³/mol. The molecule has 2 amide bonds. The van der Waals surface area contributed by atoms with Crippen LogP contribution in [-0.4, -0.2) is 28.8 Å². The fourth-order valence-electron chi connectivity index (χ4n) is 2.35. The van der Waals surface area contributed by atoms with E-state index in [4.69, 9.17) is 0 Å². The van der Waals surface area contributed by atoms with Gasteiger partial charge in [0.25, 0.3) is 0 Å². The van der Waals surface area contributed by atoms with Crippen LogP contribution in [-0.2, 0) is 0 Å². The number of aliphatic hydroxyl groups is 1. The van der Waals surface area contributed by atoms with Crippen molar-refractivity contribution in [3.8, 4) is 0 Å². The zero-order valence-electron chi connectivity index (χ0n) is 13.3. The Morgan fingerprint density at radius 2 is 1.91 bits per heavy atom. The Morgan fingerprint density at radius 3 is 2.57 bits per heavy atom. The summed E-state index contributed by atoms with van der Waals surface area (Å²) in [6, 6.07) is 14.6. The number of rotatable bonds is 7. The summed E-state index contributed by atoms with van der Waals surface area (Å²) >= 11 is 0. The van der Waals surface area contributed by atoms with Crippen LogP contribution in [0.1, 0.15) is 37.1 Å². The van der Waals surface area contributed by atoms with Crippen LogP contribution in [0.2, 0.25) is 0 Å². The lowest BCUT2D eigenvalue weighted by Gasteiger charge is -2.20. The predicted octanol–water partition coefficient (Wildman–Crippen LogP) is 2.63. The second kappa shape index (κ2) is 8.90. The number of nitrogens with zero attached hydrogens (tertiary/aromatic N) is 1. The third kappa shape index (κ3) is 5.38. The summed E-state index contributed by atoms with van der Waals surface area (Å²) in [4.78, 5) is 16.5. The zero-order valence-corrected chi connectivity index (χ0v) is 13.3. The van der Waals surface area contributed by atoms with Crippen LogP contribution in [0.4, 0.5) is 4.79 Å². The number of benzene rings is 1. The molecule has 122 valence electrons. The first-order valence-electron chi connectivity index (χ1n) is 7.89. The zero-order chi connectivity index (χ0) is 16.5. The number of carbonyl (C=O) groups excluding carboxylic acids is 1. The molecule has 0 spiro atoms. The molecule has 0 bridgehead atoms. The van der Waals surface area contributed by atoms with Crippen molar-refractivity contribution in [3.05, 3.63) is 66.0 Å². The lowest BCUT2D eigenvalue weighted by Crippen LogP contribution is -2.41. The van der Waals surface area contributed by atoms with Gasteiger partial charge in [-0.3, -0.25) is 4.98 Å². The molecule has 1 aromatic heterocycles. The van der Waals surface area contributed by atoms with E-state index in [1.165, 1.54) is 0 Å². The maximum atomic E-state index is 12.1. The topological polar surface area (TPSA) is 74.2 Å². The van der Waals surface area contributed by atoms with Crippen LogP contribution in [0, 0.1) is 0 Å². The summed E-state index contributed by atoms with van der Waals surface area (Å²) in [6.07, 6.45) is 2.74. The molecule has 2 unspecified atom stereocenters. The van der Waals surface area contributed by atoms with E-state index < -0.39 is 6.10 Å². The van der Waals surface area contributed by atoms with Gasteiger partial charge < -0.3 is 15.7 Å². The van der Waals surface area contributed by atoms with Crippen LogP contribution >= 0.6 is 0 Å². The highest BCUT2D eigenvalue weighted by Crippen LogP contribution is 2.19. The minimum atomic E-state index is -0.518. The molecule has 0 saturated carbocycles. The van der Waals surface area contributed by atoms with Gasteiger partial charge in [0.2, 0.25) is 0 Å². The summed E-state index contributed by atoms with van der Waals surface area (Å²) in [5.41, 5.74) is 1.72. The van der Waals surface area contributed by atoms with Gasteiger partial charge in [0, 0.05) is 12.7 Å². The Hall–Kier alpha value is -2.40. The van der Waals surface area contributed by atoms with Crippen molar-refractivity contribution in [2.75, 3.05) is 6.54 Å². The summed E-state index contributed by atoms with van der Waals surface area (Å²) in [7, 11) is 0. The third-order valence-corrected chi connectivity index (χ3v) is 3.51. The maximum Gasteiger partial charge on any atom is 0.315 e. The molecule has 5 nitrogen and oxygen atoms in total. The summed E-state index contributed by atoms with van der Waals surface area (Å²) < 4.78 is 0. The molecule has 2 aromatic rings. The lowest BCUT2D eigenvalue weighted by molar-refractivity contribution is 0.160. The van der Waals surface area contributed by atoms with Crippen LogP contribution in [0.3, 0.4) is 0 Å². The highest BCUT2D eigenvalue weighted by atomic mass is 16.3. The Balaban J connectivity index is 2.05. The van der Waals surface area contributed by atoms with E-state index in [1.807, 2.05) is 55.5 Å². The van der Waals surface area contributed by atoms with Gasteiger partial charge in [-0.15, -0.1) is 0 Å². The number of pyridine rings is 1. The fourth-order valence-corrected chi connectivity index (χ4v) is 2.35. The third-order valence-electron chi connectivity index (χ3n) is 3.51. The van der Waals surface area contributed by atoms with Crippen LogP contribution in [0.15, 0.2) is 54.7 Å². The first-order valence-corrected chi connectivity index (χ1v) is 7.89. The monoisotopic (exact) mass is 313 g/mol. The maximum absolute atomic E-state index is 12.1. The number of aliphatic hydroxyl groups excluding tert-OH is 1. The van der Waals surface area contributed by atoms with Crippen LogP contribution in [0.25, 0.3) is 0 Å². The smallest absolute Gasteiger partial charge is 0.315 e. The van der Waals surface area contributed by atoms with Gasteiger partial charge in [0.05, 0.1) is 17.8 Å². The largest absolute Gasteiger partial charge is 0.391 e. The molecular formula is C18H23N3O2. The first kappa shape index (κ1) is 17.0. The molecule has 2 atom stereocenters. The molecule has 0 aliphatic carbocycles. The van der Waals surface area contributed by atoms with E-state index in [2.05, 4.69) is 15.6 Å². The van der Waals surface area contributed by atoms with Gasteiger partial charge in [0.1, 0.15) is 0 Å². The highest BCUT2D eigenvalue weighted by molar-refractivity contribution is 5.75. The summed E-state index contributed by atoms with van der Waals surface area (Å²) in [6.45, 7) is 2.24. The van der Waals surface area contributed by atoms with Crippen molar-refractivity contribution in [3.63, 3.8) is 0 Å². The number of hydrogen-bond donors (Lipinski definition) is 3. The number of amides is 2. The minimum absolute atomic E-state index is 0.239. The Bertz CT molecular complexity index is 550. The molecule has 0 saturated heterocycles. The summed E-state index contributed by atoms with van der Waals surface area (Å²) in [5.74, 6) is 0. The first-order chi connectivity index (χ1) is 11.2. The SMILES string of the molecule is CCCC(O)CNC(=O)NC(c1ccccc1)c1ccccn1. The van der Waals surface area contributed by atoms with Gasteiger partial charge in [-0.25, -0.2) is 4.79 Å². The number of hydrogen-bond acceptors (Lipinski definition) is 3. The van der Waals surface area contributed by atoms with Gasteiger partial charge in [-0.2, -0.15) is 0 Å². The van der Waals surface area contributed by atoms with E-state index in [-0.39, 0.29) is 18.6 Å². The van der Waals surface area contributed by atoms with E-state index >= 15 is 0 Å². The number of aromatic nitrogens is 1. The molecule has 0 radical (unpaired) electrons. The highest BCUT2D eigenvalue weighted by Gasteiger charge is 2.18. The summed E-state index contributed by atoms with van der Waals surface area (Å²) in [5, 5.41) is 15.3. The molecule has 0 fully saturated rings. The molecule has 23 heavy (non-hydrogen) atoms. The normalized spacial score (nSPS) is 13.1. The van der Waals surface area contributed by atoms with E-state index in [0.29, 0.717) is 6.42 Å². The van der Waals surface area contributed by atoms with E-state index in [1.54, 1.807) is 6.20 Å². The van der Waals surface area contributed by atoms with Crippen LogP contribution < -0.4 is 10.6 Å². The van der Waals surface area contributed by atoms with Crippen molar-refractivity contribution in [2.45, 2.75) is 31.9 Å². The van der Waals surface area contributed by atoms with Crippen molar-refractivity contribution in [1.82, 2.24) is 15.6 Å². The molecule has 1 heterocycles. The van der Waals surface area contributed by atoms with Crippen molar-refractivity contribution >= 4 is 6.03 Å². The number of nitrogens with one attached hydrogen (secondary N) is 2. The molecule has 0 aliphatic rings. The Labute approximate surface area is 136 Å². The van der Waals surface area contributed by atoms with Crippen molar-refractivity contribution < 1.29 is 9.90 Å². The van der Waals surface area contributed by atoms with Gasteiger partial charge in [-0.1, -0.05) is 49.7 Å². The molecular weight excluding hydrogens is 290 g/mol. The average Bonchev–Trinajstić information content (AvgIpc) is 2.60. The second-order valence-electron chi connectivity index (χ2n) is 5.40. The van der Waals surface area contributed by atoms with Gasteiger partial charge in [0.15, 0.2) is 0 Å². The fraction of sp³-hybridized carbons (Fsp3) is 0.333. The lowest BCUT2D eigenvalue weighted by atomic mass is 10.0. The van der Waals surface area contributed by atoms with Crippen molar-refractivity contribution in [1.29, 1.82) is 0 Å². The number of urea groups is 1. The number of carbonyl (C=O) groups is 1. The molecule has 0 aliphatic heterocycles. The standard InChI is InChI=1S/C18H23N3O2/c1-2-8-15(22)13-20-18(23)21-17(14-9-4-3-5-10-14)16-11-6-7-12-19-16/h3-7,9-12,15,17,22H,2,8,13H2,1H3,(H2,20,21,23). The molecule has 1 aromatic carbocycles. The van der Waals surface area contributed by atoms with Crippen molar-refractivity contribution in [2.24, 2.45) is 0 Å². The van der Waals surface area contributed by atoms with E-state index in [9.17, 15) is 9.90 Å². The van der Waals surface area contributed by atoms with Gasteiger partial charge >= 0.3 is 6.03 Å². The Morgan fingerprint density at radius 1 is 1.17 bits per heavy atom. The van der Waals surface area contributed by atoms with Gasteiger partial charge in [-0.05, 0) is 24.1 Å². The molecule has 2 rings (SSSR count). The van der Waals surface area contributed by atoms with E-state index in [0.717, 1.165) is 17.7 Å². The molecule has 5 heteroatoms. The second-order valence-corrected chi connectivity index (χ2v) is 5.40.